The van der Waals surface area contributed by atoms with Crippen LogP contribution in [0.5, 0.6) is 0 Å². The summed E-state index contributed by atoms with van der Waals surface area (Å²) in [6, 6.07) is 12.0. The maximum atomic E-state index is 11.8. The number of rotatable bonds is 3. The Hall–Kier alpha value is -2.51. The van der Waals surface area contributed by atoms with Crippen molar-refractivity contribution in [3.05, 3.63) is 53.1 Å². The number of nitrogens with zero attached hydrogens (tertiary/aromatic N) is 3. The molecule has 0 aliphatic carbocycles. The lowest BCUT2D eigenvalue weighted by Crippen LogP contribution is -2.24. The quantitative estimate of drug-likeness (QED) is 0.569. The van der Waals surface area contributed by atoms with Crippen molar-refractivity contribution in [2.24, 2.45) is 5.10 Å². The summed E-state index contributed by atoms with van der Waals surface area (Å²) >= 11 is 6.89. The SMILES string of the molecule is O=C(N/N=C/c1ccc(Cl)cc1)Nc1cccc2nsnc12. The van der Waals surface area contributed by atoms with E-state index in [1.54, 1.807) is 36.4 Å². The number of carbonyl (C=O) groups is 1. The van der Waals surface area contributed by atoms with E-state index in [-0.39, 0.29) is 0 Å². The van der Waals surface area contributed by atoms with Gasteiger partial charge in [0, 0.05) is 5.02 Å². The number of fused-ring (bicyclic) bond motifs is 1. The van der Waals surface area contributed by atoms with Crippen molar-refractivity contribution < 1.29 is 4.79 Å². The second kappa shape index (κ2) is 6.50. The summed E-state index contributed by atoms with van der Waals surface area (Å²) in [5, 5.41) is 7.20. The molecule has 0 aliphatic heterocycles. The number of hydrazone groups is 1. The molecule has 0 unspecified atom stereocenters. The lowest BCUT2D eigenvalue weighted by Gasteiger charge is -2.04. The zero-order chi connectivity index (χ0) is 15.4. The highest BCUT2D eigenvalue weighted by Gasteiger charge is 2.07. The van der Waals surface area contributed by atoms with Crippen molar-refractivity contribution in [1.82, 2.24) is 14.2 Å². The minimum absolute atomic E-state index is 0.453. The molecule has 110 valence electrons. The first-order valence-electron chi connectivity index (χ1n) is 6.29. The molecule has 22 heavy (non-hydrogen) atoms. The van der Waals surface area contributed by atoms with Crippen LogP contribution in [0.15, 0.2) is 47.6 Å². The summed E-state index contributed by atoms with van der Waals surface area (Å²) in [5.41, 5.74) is 5.21. The summed E-state index contributed by atoms with van der Waals surface area (Å²) in [6.07, 6.45) is 1.53. The summed E-state index contributed by atoms with van der Waals surface area (Å²) in [5.74, 6) is 0. The van der Waals surface area contributed by atoms with Crippen LogP contribution in [0, 0.1) is 0 Å². The van der Waals surface area contributed by atoms with Gasteiger partial charge in [0.2, 0.25) is 0 Å². The molecule has 0 radical (unpaired) electrons. The molecular weight excluding hydrogens is 322 g/mol. The van der Waals surface area contributed by atoms with Crippen molar-refractivity contribution >= 4 is 52.3 Å². The van der Waals surface area contributed by atoms with E-state index in [4.69, 9.17) is 11.6 Å². The van der Waals surface area contributed by atoms with Gasteiger partial charge < -0.3 is 5.32 Å². The Morgan fingerprint density at radius 2 is 2.00 bits per heavy atom. The largest absolute Gasteiger partial charge is 0.339 e. The van der Waals surface area contributed by atoms with E-state index in [9.17, 15) is 4.79 Å². The molecule has 1 aromatic heterocycles. The first kappa shape index (κ1) is 14.4. The maximum Gasteiger partial charge on any atom is 0.339 e. The molecule has 8 heteroatoms. The van der Waals surface area contributed by atoms with Crippen LogP contribution in [0.1, 0.15) is 5.56 Å². The van der Waals surface area contributed by atoms with Crippen LogP contribution in [-0.2, 0) is 0 Å². The summed E-state index contributed by atoms with van der Waals surface area (Å²) in [7, 11) is 0. The molecule has 3 rings (SSSR count). The van der Waals surface area contributed by atoms with Gasteiger partial charge >= 0.3 is 6.03 Å². The topological polar surface area (TPSA) is 79.3 Å². The minimum atomic E-state index is -0.453. The Labute approximate surface area is 135 Å². The van der Waals surface area contributed by atoms with Gasteiger partial charge in [-0.15, -0.1) is 0 Å². The second-order valence-corrected chi connectivity index (χ2v) is 5.28. The van der Waals surface area contributed by atoms with E-state index in [1.807, 2.05) is 6.07 Å². The number of halogens is 1. The van der Waals surface area contributed by atoms with Gasteiger partial charge in [0.25, 0.3) is 0 Å². The Bertz CT molecular complexity index is 831. The molecule has 0 spiro atoms. The minimum Gasteiger partial charge on any atom is -0.304 e. The molecule has 0 fully saturated rings. The van der Waals surface area contributed by atoms with Crippen molar-refractivity contribution in [2.45, 2.75) is 0 Å². The highest BCUT2D eigenvalue weighted by atomic mass is 35.5. The molecule has 0 atom stereocenters. The number of anilines is 1. The number of nitrogens with one attached hydrogen (secondary N) is 2. The van der Waals surface area contributed by atoms with Crippen LogP contribution in [0.2, 0.25) is 5.02 Å². The maximum absolute atomic E-state index is 11.8. The van der Waals surface area contributed by atoms with Crippen molar-refractivity contribution in [1.29, 1.82) is 0 Å². The van der Waals surface area contributed by atoms with Crippen molar-refractivity contribution in [2.75, 3.05) is 5.32 Å². The van der Waals surface area contributed by atoms with Crippen LogP contribution < -0.4 is 10.7 Å². The molecule has 1 heterocycles. The molecular formula is C14H10ClN5OS. The Balaban J connectivity index is 1.63. The number of urea groups is 1. The average molecular weight is 332 g/mol. The molecule has 2 N–H and O–H groups in total. The lowest BCUT2D eigenvalue weighted by atomic mass is 10.2. The van der Waals surface area contributed by atoms with Crippen LogP contribution in [0.25, 0.3) is 11.0 Å². The zero-order valence-electron chi connectivity index (χ0n) is 11.2. The fourth-order valence-corrected chi connectivity index (χ4v) is 2.45. The van der Waals surface area contributed by atoms with Gasteiger partial charge in [0.05, 0.1) is 23.6 Å². The fraction of sp³-hybridized carbons (Fsp3) is 0. The third-order valence-corrected chi connectivity index (χ3v) is 3.58. The predicted octanol–water partition coefficient (Wildman–Crippen LogP) is 3.50. The Kier molecular flexibility index (Phi) is 4.27. The number of hydrogen-bond donors (Lipinski definition) is 2. The third-order valence-electron chi connectivity index (χ3n) is 2.78. The van der Waals surface area contributed by atoms with Gasteiger partial charge in [0.1, 0.15) is 11.0 Å². The molecule has 6 nitrogen and oxygen atoms in total. The van der Waals surface area contributed by atoms with Gasteiger partial charge in [-0.3, -0.25) is 0 Å². The first-order valence-corrected chi connectivity index (χ1v) is 7.40. The monoisotopic (exact) mass is 331 g/mol. The van der Waals surface area contributed by atoms with E-state index in [1.165, 1.54) is 6.21 Å². The van der Waals surface area contributed by atoms with Crippen LogP contribution in [-0.4, -0.2) is 21.0 Å². The number of aromatic nitrogens is 2. The normalized spacial score (nSPS) is 11.0. The fourth-order valence-electron chi connectivity index (χ4n) is 1.77. The highest BCUT2D eigenvalue weighted by molar-refractivity contribution is 7.00. The zero-order valence-corrected chi connectivity index (χ0v) is 12.7. The smallest absolute Gasteiger partial charge is 0.304 e. The standard InChI is InChI=1S/C14H10ClN5OS/c15-10-6-4-9(5-7-10)8-16-18-14(21)17-11-2-1-3-12-13(11)20-22-19-12/h1-8H,(H2,17,18,21)/b16-8+. The number of hydrogen-bond acceptors (Lipinski definition) is 5. The van der Waals surface area contributed by atoms with Gasteiger partial charge in [-0.05, 0) is 29.8 Å². The van der Waals surface area contributed by atoms with Gasteiger partial charge in [-0.1, -0.05) is 29.8 Å². The summed E-state index contributed by atoms with van der Waals surface area (Å²) < 4.78 is 8.26. The molecule has 0 saturated heterocycles. The number of benzene rings is 2. The summed E-state index contributed by atoms with van der Waals surface area (Å²) in [4.78, 5) is 11.8. The summed E-state index contributed by atoms with van der Waals surface area (Å²) in [6.45, 7) is 0. The molecule has 2 amide bonds. The molecule has 3 aromatic rings. The van der Waals surface area contributed by atoms with Crippen molar-refractivity contribution in [3.8, 4) is 0 Å². The lowest BCUT2D eigenvalue weighted by molar-refractivity contribution is 0.252. The first-order chi connectivity index (χ1) is 10.7. The average Bonchev–Trinajstić information content (AvgIpc) is 2.99. The molecule has 2 aromatic carbocycles. The second-order valence-electron chi connectivity index (χ2n) is 4.31. The highest BCUT2D eigenvalue weighted by Crippen LogP contribution is 2.20. The van der Waals surface area contributed by atoms with E-state index in [0.29, 0.717) is 16.2 Å². The Morgan fingerprint density at radius 1 is 1.18 bits per heavy atom. The predicted molar refractivity (Wildman–Crippen MR) is 88.6 cm³/mol. The van der Waals surface area contributed by atoms with Gasteiger partial charge in [-0.2, -0.15) is 13.8 Å². The van der Waals surface area contributed by atoms with Gasteiger partial charge in [0.15, 0.2) is 0 Å². The van der Waals surface area contributed by atoms with Gasteiger partial charge in [-0.25, -0.2) is 10.2 Å². The van der Waals surface area contributed by atoms with Crippen molar-refractivity contribution in [3.63, 3.8) is 0 Å². The van der Waals surface area contributed by atoms with E-state index in [0.717, 1.165) is 22.8 Å². The molecule has 0 bridgehead atoms. The van der Waals surface area contributed by atoms with Crippen LogP contribution >= 0.6 is 23.3 Å². The van der Waals surface area contributed by atoms with E-state index >= 15 is 0 Å². The van der Waals surface area contributed by atoms with Crippen LogP contribution in [0.4, 0.5) is 10.5 Å². The third kappa shape index (κ3) is 3.38. The Morgan fingerprint density at radius 3 is 2.82 bits per heavy atom. The van der Waals surface area contributed by atoms with E-state index < -0.39 is 6.03 Å². The number of amides is 2. The number of carbonyl (C=O) groups excluding carboxylic acids is 1. The van der Waals surface area contributed by atoms with Crippen LogP contribution in [0.3, 0.4) is 0 Å². The molecule has 0 saturated carbocycles. The molecule has 0 aliphatic rings. The van der Waals surface area contributed by atoms with E-state index in [2.05, 4.69) is 24.6 Å².